The number of H-pyrrole nitrogens is 1. The number of nitrogens with zero attached hydrogens (tertiary/aromatic N) is 4. The van der Waals surface area contributed by atoms with E-state index in [1.165, 1.54) is 6.33 Å². The highest BCUT2D eigenvalue weighted by Crippen LogP contribution is 2.23. The lowest BCUT2D eigenvalue weighted by atomic mass is 10.3. The van der Waals surface area contributed by atoms with Gasteiger partial charge in [-0.15, -0.1) is 0 Å². The molecule has 2 amide bonds. The van der Waals surface area contributed by atoms with Crippen LogP contribution in [0.1, 0.15) is 6.92 Å². The third-order valence-electron chi connectivity index (χ3n) is 2.85. The van der Waals surface area contributed by atoms with Gasteiger partial charge in [0, 0.05) is 6.54 Å². The van der Waals surface area contributed by atoms with Crippen LogP contribution >= 0.6 is 0 Å². The second-order valence-electron chi connectivity index (χ2n) is 4.33. The van der Waals surface area contributed by atoms with Crippen LogP contribution < -0.4 is 15.5 Å². The lowest BCUT2D eigenvalue weighted by molar-refractivity contribution is -0.130. The maximum Gasteiger partial charge on any atom is 0.246 e. The summed E-state index contributed by atoms with van der Waals surface area (Å²) in [6.45, 7) is 2.73. The minimum Gasteiger partial charge on any atom is -0.354 e. The van der Waals surface area contributed by atoms with E-state index < -0.39 is 0 Å². The number of nitrogens with one attached hydrogen (secondary N) is 3. The van der Waals surface area contributed by atoms with E-state index in [2.05, 4.69) is 30.6 Å². The zero-order chi connectivity index (χ0) is 14.1. The Hall–Kier alpha value is -2.71. The van der Waals surface area contributed by atoms with Crippen LogP contribution in [-0.4, -0.2) is 51.4 Å². The molecule has 104 valence electrons. The van der Waals surface area contributed by atoms with Crippen molar-refractivity contribution in [3.8, 4) is 0 Å². The summed E-state index contributed by atoms with van der Waals surface area (Å²) in [5, 5.41) is 5.26. The molecule has 0 unspecified atom stereocenters. The summed E-state index contributed by atoms with van der Waals surface area (Å²) in [7, 11) is 0. The van der Waals surface area contributed by atoms with Gasteiger partial charge in [0.05, 0.1) is 19.4 Å². The Bertz CT molecular complexity index is 664. The van der Waals surface area contributed by atoms with Crippen LogP contribution in [0.25, 0.3) is 11.2 Å². The molecule has 0 aliphatic carbocycles. The summed E-state index contributed by atoms with van der Waals surface area (Å²) >= 11 is 0. The SMILES string of the molecule is CCNc1nc(N2CC(=O)NC(=O)C2)c2[nH]cnc2n1. The first kappa shape index (κ1) is 12.3. The molecule has 2 aromatic heterocycles. The van der Waals surface area contributed by atoms with Crippen molar-refractivity contribution in [1.82, 2.24) is 25.3 Å². The van der Waals surface area contributed by atoms with Gasteiger partial charge in [0.25, 0.3) is 0 Å². The highest BCUT2D eigenvalue weighted by molar-refractivity contribution is 6.03. The summed E-state index contributed by atoms with van der Waals surface area (Å²) in [5.41, 5.74) is 1.10. The normalized spacial score (nSPS) is 15.6. The van der Waals surface area contributed by atoms with E-state index in [1.807, 2.05) is 6.92 Å². The van der Waals surface area contributed by atoms with Crippen molar-refractivity contribution in [2.75, 3.05) is 29.9 Å². The van der Waals surface area contributed by atoms with E-state index in [1.54, 1.807) is 4.90 Å². The molecule has 3 rings (SSSR count). The monoisotopic (exact) mass is 275 g/mol. The number of aromatic amines is 1. The first-order valence-corrected chi connectivity index (χ1v) is 6.20. The Morgan fingerprint density at radius 1 is 1.30 bits per heavy atom. The maximum atomic E-state index is 11.5. The van der Waals surface area contributed by atoms with Crippen molar-refractivity contribution >= 4 is 34.7 Å². The van der Waals surface area contributed by atoms with E-state index in [-0.39, 0.29) is 24.9 Å². The zero-order valence-corrected chi connectivity index (χ0v) is 10.8. The second kappa shape index (κ2) is 4.76. The number of carbonyl (C=O) groups is 2. The highest BCUT2D eigenvalue weighted by atomic mass is 16.2. The smallest absolute Gasteiger partial charge is 0.246 e. The van der Waals surface area contributed by atoms with Crippen LogP contribution in [0.5, 0.6) is 0 Å². The van der Waals surface area contributed by atoms with Crippen LogP contribution in [0.15, 0.2) is 6.33 Å². The number of rotatable bonds is 3. The van der Waals surface area contributed by atoms with Gasteiger partial charge in [-0.1, -0.05) is 0 Å². The predicted octanol–water partition coefficient (Wildman–Crippen LogP) is -0.752. The molecule has 0 atom stereocenters. The van der Waals surface area contributed by atoms with Crippen LogP contribution in [-0.2, 0) is 9.59 Å². The molecular formula is C11H13N7O2. The first-order chi connectivity index (χ1) is 9.67. The van der Waals surface area contributed by atoms with Gasteiger partial charge in [-0.3, -0.25) is 14.9 Å². The number of anilines is 2. The molecule has 0 spiro atoms. The third kappa shape index (κ3) is 2.13. The number of aromatic nitrogens is 4. The first-order valence-electron chi connectivity index (χ1n) is 6.20. The van der Waals surface area contributed by atoms with Gasteiger partial charge in [-0.2, -0.15) is 9.97 Å². The van der Waals surface area contributed by atoms with E-state index in [0.29, 0.717) is 29.5 Å². The molecule has 3 heterocycles. The fraction of sp³-hybridized carbons (Fsp3) is 0.364. The molecule has 0 radical (unpaired) electrons. The quantitative estimate of drug-likeness (QED) is 0.631. The van der Waals surface area contributed by atoms with Gasteiger partial charge in [-0.05, 0) is 6.92 Å². The summed E-state index contributed by atoms with van der Waals surface area (Å²) in [6, 6.07) is 0. The van der Waals surface area contributed by atoms with E-state index in [4.69, 9.17) is 0 Å². The lowest BCUT2D eigenvalue weighted by Gasteiger charge is -2.26. The summed E-state index contributed by atoms with van der Waals surface area (Å²) in [6.07, 6.45) is 1.50. The Labute approximate surface area is 113 Å². The molecule has 0 saturated carbocycles. The fourth-order valence-corrected chi connectivity index (χ4v) is 2.07. The average molecular weight is 275 g/mol. The molecule has 20 heavy (non-hydrogen) atoms. The number of hydrogen-bond acceptors (Lipinski definition) is 7. The van der Waals surface area contributed by atoms with Gasteiger partial charge in [0.2, 0.25) is 17.8 Å². The van der Waals surface area contributed by atoms with Crippen molar-refractivity contribution < 1.29 is 9.59 Å². The van der Waals surface area contributed by atoms with Gasteiger partial charge in [-0.25, -0.2) is 4.98 Å². The minimum absolute atomic E-state index is 0.0719. The Balaban J connectivity index is 2.06. The van der Waals surface area contributed by atoms with Crippen LogP contribution in [0, 0.1) is 0 Å². The largest absolute Gasteiger partial charge is 0.354 e. The number of imide groups is 1. The predicted molar refractivity (Wildman–Crippen MR) is 71.2 cm³/mol. The number of hydrogen-bond donors (Lipinski definition) is 3. The zero-order valence-electron chi connectivity index (χ0n) is 10.8. The molecule has 2 aromatic rings. The summed E-state index contributed by atoms with van der Waals surface area (Å²) < 4.78 is 0. The van der Waals surface area contributed by atoms with Crippen LogP contribution in [0.3, 0.4) is 0 Å². The molecule has 0 bridgehead atoms. The van der Waals surface area contributed by atoms with Crippen LogP contribution in [0.4, 0.5) is 11.8 Å². The maximum absolute atomic E-state index is 11.5. The van der Waals surface area contributed by atoms with E-state index >= 15 is 0 Å². The van der Waals surface area contributed by atoms with Crippen molar-refractivity contribution in [2.45, 2.75) is 6.92 Å². The fourth-order valence-electron chi connectivity index (χ4n) is 2.07. The Morgan fingerprint density at radius 3 is 2.75 bits per heavy atom. The van der Waals surface area contributed by atoms with Crippen LogP contribution in [0.2, 0.25) is 0 Å². The number of carbonyl (C=O) groups excluding carboxylic acids is 2. The Kier molecular flexibility index (Phi) is 2.93. The summed E-state index contributed by atoms with van der Waals surface area (Å²) in [4.78, 5) is 40.2. The molecule has 1 saturated heterocycles. The molecule has 9 nitrogen and oxygen atoms in total. The average Bonchev–Trinajstić information content (AvgIpc) is 2.85. The van der Waals surface area contributed by atoms with E-state index in [9.17, 15) is 9.59 Å². The summed E-state index contributed by atoms with van der Waals surface area (Å²) in [5.74, 6) is 0.210. The second-order valence-corrected chi connectivity index (χ2v) is 4.33. The van der Waals surface area contributed by atoms with Crippen molar-refractivity contribution in [2.24, 2.45) is 0 Å². The van der Waals surface area contributed by atoms with Gasteiger partial charge in [0.15, 0.2) is 11.5 Å². The van der Waals surface area contributed by atoms with Crippen molar-refractivity contribution in [3.05, 3.63) is 6.33 Å². The Morgan fingerprint density at radius 2 is 2.05 bits per heavy atom. The highest BCUT2D eigenvalue weighted by Gasteiger charge is 2.26. The molecule has 9 heteroatoms. The number of imidazole rings is 1. The van der Waals surface area contributed by atoms with Gasteiger partial charge < -0.3 is 15.2 Å². The van der Waals surface area contributed by atoms with E-state index in [0.717, 1.165) is 0 Å². The molecule has 0 aromatic carbocycles. The lowest BCUT2D eigenvalue weighted by Crippen LogP contribution is -2.51. The molecule has 1 fully saturated rings. The standard InChI is InChI=1S/C11H13N7O2/c1-2-12-11-16-9-8(13-5-14-9)10(17-11)18-3-6(19)15-7(20)4-18/h5H,2-4H2,1H3,(H,15,19,20)(H2,12,13,14,16,17). The minimum atomic E-state index is -0.350. The molecule has 1 aliphatic rings. The number of piperazine rings is 1. The van der Waals surface area contributed by atoms with Gasteiger partial charge >= 0.3 is 0 Å². The topological polar surface area (TPSA) is 116 Å². The number of fused-ring (bicyclic) bond motifs is 1. The molecular weight excluding hydrogens is 262 g/mol. The van der Waals surface area contributed by atoms with Gasteiger partial charge in [0.1, 0.15) is 5.52 Å². The van der Waals surface area contributed by atoms with Crippen molar-refractivity contribution in [1.29, 1.82) is 0 Å². The molecule has 3 N–H and O–H groups in total. The molecule has 1 aliphatic heterocycles. The third-order valence-corrected chi connectivity index (χ3v) is 2.85. The number of amides is 2. The van der Waals surface area contributed by atoms with Crippen molar-refractivity contribution in [3.63, 3.8) is 0 Å².